The molecule has 0 fully saturated rings. The van der Waals surface area contributed by atoms with E-state index in [1.54, 1.807) is 0 Å². The fourth-order valence-electron chi connectivity index (χ4n) is 2.25. The summed E-state index contributed by atoms with van der Waals surface area (Å²) < 4.78 is 5.32. The van der Waals surface area contributed by atoms with E-state index in [4.69, 9.17) is 4.74 Å². The van der Waals surface area contributed by atoms with Crippen LogP contribution in [-0.2, 0) is 11.2 Å². The van der Waals surface area contributed by atoms with E-state index in [1.807, 2.05) is 54.6 Å². The monoisotopic (exact) mass is 297 g/mol. The number of rotatable bonds is 8. The molecule has 0 aliphatic rings. The molecule has 0 aromatic heterocycles. The van der Waals surface area contributed by atoms with Crippen molar-refractivity contribution in [1.29, 1.82) is 0 Å². The number of para-hydroxylation sites is 1. The third kappa shape index (κ3) is 5.24. The molecule has 0 saturated carbocycles. The zero-order valence-electron chi connectivity index (χ0n) is 13.0. The minimum absolute atomic E-state index is 0.238. The minimum atomic E-state index is -0.238. The van der Waals surface area contributed by atoms with Gasteiger partial charge in [-0.3, -0.25) is 0 Å². The lowest BCUT2D eigenvalue weighted by molar-refractivity contribution is 0.0503. The molecule has 0 amide bonds. The Balaban J connectivity index is 1.70. The van der Waals surface area contributed by atoms with Crippen LogP contribution < -0.4 is 5.32 Å². The summed E-state index contributed by atoms with van der Waals surface area (Å²) in [4.78, 5) is 12.0. The molecule has 0 atom stereocenters. The van der Waals surface area contributed by atoms with E-state index in [1.165, 1.54) is 5.56 Å². The van der Waals surface area contributed by atoms with Crippen molar-refractivity contribution < 1.29 is 9.53 Å². The number of ether oxygens (including phenoxy) is 1. The molecule has 0 radical (unpaired) electrons. The predicted molar refractivity (Wildman–Crippen MR) is 90.3 cm³/mol. The molecule has 0 aliphatic heterocycles. The Morgan fingerprint density at radius 1 is 1.09 bits per heavy atom. The summed E-state index contributed by atoms with van der Waals surface area (Å²) in [6.45, 7) is 3.34. The van der Waals surface area contributed by atoms with Crippen molar-refractivity contribution in [3.63, 3.8) is 0 Å². The molecule has 0 unspecified atom stereocenters. The maximum atomic E-state index is 12.0. The second-order valence-corrected chi connectivity index (χ2v) is 5.23. The van der Waals surface area contributed by atoms with Gasteiger partial charge in [0.05, 0.1) is 12.2 Å². The van der Waals surface area contributed by atoms with Crippen LogP contribution in [-0.4, -0.2) is 19.1 Å². The van der Waals surface area contributed by atoms with Crippen LogP contribution in [0.3, 0.4) is 0 Å². The van der Waals surface area contributed by atoms with Gasteiger partial charge in [-0.25, -0.2) is 4.79 Å². The van der Waals surface area contributed by atoms with Gasteiger partial charge in [-0.15, -0.1) is 0 Å². The molecule has 0 saturated heterocycles. The summed E-state index contributed by atoms with van der Waals surface area (Å²) >= 11 is 0. The Morgan fingerprint density at radius 3 is 2.68 bits per heavy atom. The topological polar surface area (TPSA) is 38.3 Å². The highest BCUT2D eigenvalue weighted by Gasteiger charge is 2.07. The number of aryl methyl sites for hydroxylation is 1. The SMILES string of the molecule is CCCc1cccc(C(=O)OCCCNc2ccccc2)c1. The first kappa shape index (κ1) is 16.1. The second-order valence-electron chi connectivity index (χ2n) is 5.23. The number of carbonyl (C=O) groups excluding carboxylic acids is 1. The molecule has 1 N–H and O–H groups in total. The molecule has 3 nitrogen and oxygen atoms in total. The molecular weight excluding hydrogens is 274 g/mol. The van der Waals surface area contributed by atoms with Crippen molar-refractivity contribution in [2.75, 3.05) is 18.5 Å². The van der Waals surface area contributed by atoms with E-state index in [0.29, 0.717) is 12.2 Å². The van der Waals surface area contributed by atoms with Crippen LogP contribution >= 0.6 is 0 Å². The number of hydrogen-bond acceptors (Lipinski definition) is 3. The third-order valence-corrected chi connectivity index (χ3v) is 3.36. The third-order valence-electron chi connectivity index (χ3n) is 3.36. The standard InChI is InChI=1S/C19H23NO2/c1-2-8-16-9-6-10-17(15-16)19(21)22-14-7-13-20-18-11-4-3-5-12-18/h3-6,9-12,15,20H,2,7-8,13-14H2,1H3. The largest absolute Gasteiger partial charge is 0.462 e. The smallest absolute Gasteiger partial charge is 0.338 e. The second kappa shape index (κ2) is 8.88. The summed E-state index contributed by atoms with van der Waals surface area (Å²) in [5, 5.41) is 3.29. The minimum Gasteiger partial charge on any atom is -0.462 e. The van der Waals surface area contributed by atoms with Crippen LogP contribution in [0.5, 0.6) is 0 Å². The van der Waals surface area contributed by atoms with Crippen molar-refractivity contribution in [2.45, 2.75) is 26.2 Å². The summed E-state index contributed by atoms with van der Waals surface area (Å²) in [6, 6.07) is 17.7. The summed E-state index contributed by atoms with van der Waals surface area (Å²) in [7, 11) is 0. The van der Waals surface area contributed by atoms with Crippen LogP contribution in [0.2, 0.25) is 0 Å². The quantitative estimate of drug-likeness (QED) is 0.583. The van der Waals surface area contributed by atoms with Crippen molar-refractivity contribution >= 4 is 11.7 Å². The van der Waals surface area contributed by atoms with Gasteiger partial charge in [-0.2, -0.15) is 0 Å². The van der Waals surface area contributed by atoms with Gasteiger partial charge >= 0.3 is 5.97 Å². The number of hydrogen-bond donors (Lipinski definition) is 1. The zero-order valence-corrected chi connectivity index (χ0v) is 13.0. The van der Waals surface area contributed by atoms with Crippen LogP contribution in [0.15, 0.2) is 54.6 Å². The Hall–Kier alpha value is -2.29. The maximum absolute atomic E-state index is 12.0. The van der Waals surface area contributed by atoms with Gasteiger partial charge in [0.2, 0.25) is 0 Å². The van der Waals surface area contributed by atoms with Crippen LogP contribution in [0.4, 0.5) is 5.69 Å². The van der Waals surface area contributed by atoms with Crippen molar-refractivity contribution in [1.82, 2.24) is 0 Å². The van der Waals surface area contributed by atoms with E-state index in [2.05, 4.69) is 12.2 Å². The van der Waals surface area contributed by atoms with E-state index >= 15 is 0 Å². The van der Waals surface area contributed by atoms with Gasteiger partial charge in [0.15, 0.2) is 0 Å². The summed E-state index contributed by atoms with van der Waals surface area (Å²) in [5.41, 5.74) is 2.91. The lowest BCUT2D eigenvalue weighted by atomic mass is 10.1. The Morgan fingerprint density at radius 2 is 1.91 bits per heavy atom. The average Bonchev–Trinajstić information content (AvgIpc) is 2.56. The molecule has 116 valence electrons. The number of carbonyl (C=O) groups is 1. The van der Waals surface area contributed by atoms with Gasteiger partial charge < -0.3 is 10.1 Å². The molecule has 0 bridgehead atoms. The zero-order chi connectivity index (χ0) is 15.6. The van der Waals surface area contributed by atoms with Crippen molar-refractivity contribution in [3.05, 3.63) is 65.7 Å². The maximum Gasteiger partial charge on any atom is 0.338 e. The van der Waals surface area contributed by atoms with Crippen molar-refractivity contribution in [2.24, 2.45) is 0 Å². The van der Waals surface area contributed by atoms with E-state index in [0.717, 1.165) is 31.5 Å². The molecular formula is C19H23NO2. The molecule has 22 heavy (non-hydrogen) atoms. The Kier molecular flexibility index (Phi) is 6.49. The first-order valence-electron chi connectivity index (χ1n) is 7.84. The predicted octanol–water partition coefficient (Wildman–Crippen LogP) is 4.30. The Bertz CT molecular complexity index is 581. The first-order chi connectivity index (χ1) is 10.8. The highest BCUT2D eigenvalue weighted by molar-refractivity contribution is 5.89. The molecule has 2 rings (SSSR count). The highest BCUT2D eigenvalue weighted by atomic mass is 16.5. The molecule has 3 heteroatoms. The molecule has 0 aliphatic carbocycles. The molecule has 2 aromatic rings. The van der Waals surface area contributed by atoms with Gasteiger partial charge in [0, 0.05) is 12.2 Å². The summed E-state index contributed by atoms with van der Waals surface area (Å²) in [6.07, 6.45) is 2.85. The number of esters is 1. The van der Waals surface area contributed by atoms with E-state index in [9.17, 15) is 4.79 Å². The average molecular weight is 297 g/mol. The van der Waals surface area contributed by atoms with Gasteiger partial charge in [0.25, 0.3) is 0 Å². The van der Waals surface area contributed by atoms with Gasteiger partial charge in [-0.1, -0.05) is 43.7 Å². The number of nitrogens with one attached hydrogen (secondary N) is 1. The number of anilines is 1. The van der Waals surface area contributed by atoms with Crippen LogP contribution in [0.25, 0.3) is 0 Å². The van der Waals surface area contributed by atoms with Crippen LogP contribution in [0, 0.1) is 0 Å². The Labute approximate surface area is 132 Å². The molecule has 0 spiro atoms. The van der Waals surface area contributed by atoms with Gasteiger partial charge in [-0.05, 0) is 42.7 Å². The fraction of sp³-hybridized carbons (Fsp3) is 0.316. The first-order valence-corrected chi connectivity index (χ1v) is 7.84. The lowest BCUT2D eigenvalue weighted by Crippen LogP contribution is -2.10. The van der Waals surface area contributed by atoms with Gasteiger partial charge in [0.1, 0.15) is 0 Å². The molecule has 2 aromatic carbocycles. The van der Waals surface area contributed by atoms with E-state index in [-0.39, 0.29) is 5.97 Å². The van der Waals surface area contributed by atoms with E-state index < -0.39 is 0 Å². The molecule has 0 heterocycles. The number of benzene rings is 2. The normalized spacial score (nSPS) is 10.2. The fourth-order valence-corrected chi connectivity index (χ4v) is 2.25. The van der Waals surface area contributed by atoms with Crippen molar-refractivity contribution in [3.8, 4) is 0 Å². The lowest BCUT2D eigenvalue weighted by Gasteiger charge is -2.08. The highest BCUT2D eigenvalue weighted by Crippen LogP contribution is 2.09. The summed E-state index contributed by atoms with van der Waals surface area (Å²) in [5.74, 6) is -0.238. The van der Waals surface area contributed by atoms with Crippen LogP contribution in [0.1, 0.15) is 35.7 Å².